The zero-order valence-electron chi connectivity index (χ0n) is 9.12. The Morgan fingerprint density at radius 2 is 2.47 bits per heavy atom. The summed E-state index contributed by atoms with van der Waals surface area (Å²) in [5.74, 6) is -0.0118. The van der Waals surface area contributed by atoms with Gasteiger partial charge >= 0.3 is 0 Å². The minimum atomic E-state index is -0.0118. The minimum Gasteiger partial charge on any atom is -0.273 e. The number of nitrogens with zero attached hydrogens (tertiary/aromatic N) is 1. The van der Waals surface area contributed by atoms with E-state index in [2.05, 4.69) is 17.5 Å². The molecule has 0 aliphatic carbocycles. The molecule has 0 spiro atoms. The summed E-state index contributed by atoms with van der Waals surface area (Å²) >= 11 is 1.62. The molecule has 82 valence electrons. The number of hydrazone groups is 1. The fourth-order valence-electron chi connectivity index (χ4n) is 1.07. The van der Waals surface area contributed by atoms with Gasteiger partial charge in [0.15, 0.2) is 0 Å². The first-order valence-corrected chi connectivity index (χ1v) is 5.98. The van der Waals surface area contributed by atoms with Gasteiger partial charge < -0.3 is 0 Å². The van der Waals surface area contributed by atoms with Crippen LogP contribution in [0.3, 0.4) is 0 Å². The normalized spacial score (nSPS) is 10.8. The molecular formula is C11H16N2OS. The van der Waals surface area contributed by atoms with Crippen LogP contribution < -0.4 is 5.43 Å². The van der Waals surface area contributed by atoms with Crippen molar-refractivity contribution in [3.63, 3.8) is 0 Å². The molecule has 0 saturated carbocycles. The Kier molecular flexibility index (Phi) is 5.04. The van der Waals surface area contributed by atoms with Gasteiger partial charge in [-0.1, -0.05) is 13.3 Å². The van der Waals surface area contributed by atoms with Gasteiger partial charge in [0.2, 0.25) is 5.91 Å². The summed E-state index contributed by atoms with van der Waals surface area (Å²) in [4.78, 5) is 12.3. The Bertz CT molecular complexity index is 344. The number of nitrogens with one attached hydrogen (secondary N) is 1. The van der Waals surface area contributed by atoms with Crippen molar-refractivity contribution in [2.24, 2.45) is 5.10 Å². The number of thiophene rings is 1. The molecule has 0 aromatic carbocycles. The predicted octanol–water partition coefficient (Wildman–Crippen LogP) is 2.70. The largest absolute Gasteiger partial charge is 0.273 e. The summed E-state index contributed by atoms with van der Waals surface area (Å²) < 4.78 is 0. The molecule has 1 N–H and O–H groups in total. The molecule has 0 fully saturated rings. The van der Waals surface area contributed by atoms with Crippen LogP contribution in [0.15, 0.2) is 16.5 Å². The van der Waals surface area contributed by atoms with Crippen molar-refractivity contribution in [2.45, 2.75) is 33.1 Å². The van der Waals surface area contributed by atoms with Crippen LogP contribution in [0, 0.1) is 6.92 Å². The lowest BCUT2D eigenvalue weighted by Gasteiger charge is -1.96. The van der Waals surface area contributed by atoms with Gasteiger partial charge in [-0.25, -0.2) is 5.43 Å². The lowest BCUT2D eigenvalue weighted by Crippen LogP contribution is -2.16. The van der Waals surface area contributed by atoms with Gasteiger partial charge in [0.1, 0.15) is 0 Å². The molecule has 1 aromatic rings. The second kappa shape index (κ2) is 6.35. The number of hydrogen-bond donors (Lipinski definition) is 1. The molecule has 1 aromatic heterocycles. The monoisotopic (exact) mass is 224 g/mol. The quantitative estimate of drug-likeness (QED) is 0.606. The molecule has 15 heavy (non-hydrogen) atoms. The lowest BCUT2D eigenvalue weighted by atomic mass is 10.2. The van der Waals surface area contributed by atoms with Gasteiger partial charge in [-0.2, -0.15) is 5.10 Å². The van der Waals surface area contributed by atoms with Crippen LogP contribution in [0.1, 0.15) is 36.6 Å². The molecule has 1 rings (SSSR count). The number of amides is 1. The van der Waals surface area contributed by atoms with Gasteiger partial charge in [-0.05, 0) is 30.4 Å². The van der Waals surface area contributed by atoms with Gasteiger partial charge in [-0.3, -0.25) is 4.79 Å². The summed E-state index contributed by atoms with van der Waals surface area (Å²) in [6.07, 6.45) is 4.20. The topological polar surface area (TPSA) is 41.5 Å². The number of aryl methyl sites for hydroxylation is 1. The van der Waals surface area contributed by atoms with Crippen molar-refractivity contribution in [2.75, 3.05) is 0 Å². The van der Waals surface area contributed by atoms with E-state index >= 15 is 0 Å². The summed E-state index contributed by atoms with van der Waals surface area (Å²) in [7, 11) is 0. The van der Waals surface area contributed by atoms with E-state index in [4.69, 9.17) is 0 Å². The van der Waals surface area contributed by atoms with Crippen LogP contribution in [0.4, 0.5) is 0 Å². The highest BCUT2D eigenvalue weighted by molar-refractivity contribution is 7.11. The highest BCUT2D eigenvalue weighted by Crippen LogP contribution is 2.12. The summed E-state index contributed by atoms with van der Waals surface area (Å²) in [5.41, 5.74) is 3.71. The molecular weight excluding hydrogens is 208 g/mol. The average molecular weight is 224 g/mol. The van der Waals surface area contributed by atoms with E-state index in [1.165, 1.54) is 5.56 Å². The fourth-order valence-corrected chi connectivity index (χ4v) is 1.86. The van der Waals surface area contributed by atoms with Crippen LogP contribution in [-0.2, 0) is 4.79 Å². The van der Waals surface area contributed by atoms with Crippen molar-refractivity contribution >= 4 is 23.5 Å². The highest BCUT2D eigenvalue weighted by atomic mass is 32.1. The number of unbranched alkanes of at least 4 members (excludes halogenated alkanes) is 1. The SMILES string of the molecule is CCCCC(=O)NN=Cc1sccc1C. The smallest absolute Gasteiger partial charge is 0.240 e. The third kappa shape index (κ3) is 4.25. The molecule has 0 radical (unpaired) electrons. The number of hydrogen-bond acceptors (Lipinski definition) is 3. The molecule has 0 atom stereocenters. The third-order valence-corrected chi connectivity index (χ3v) is 2.98. The maximum atomic E-state index is 11.2. The lowest BCUT2D eigenvalue weighted by molar-refractivity contribution is -0.121. The molecule has 0 unspecified atom stereocenters. The third-order valence-electron chi connectivity index (χ3n) is 2.03. The fraction of sp³-hybridized carbons (Fsp3) is 0.455. The molecule has 0 aliphatic heterocycles. The maximum absolute atomic E-state index is 11.2. The zero-order valence-corrected chi connectivity index (χ0v) is 9.93. The van der Waals surface area contributed by atoms with Crippen LogP contribution in [0.25, 0.3) is 0 Å². The molecule has 0 saturated heterocycles. The predicted molar refractivity (Wildman–Crippen MR) is 64.3 cm³/mol. The first kappa shape index (κ1) is 11.9. The van der Waals surface area contributed by atoms with Crippen molar-refractivity contribution in [3.8, 4) is 0 Å². The highest BCUT2D eigenvalue weighted by Gasteiger charge is 1.98. The number of carbonyl (C=O) groups is 1. The molecule has 3 nitrogen and oxygen atoms in total. The Morgan fingerprint density at radius 3 is 3.07 bits per heavy atom. The van der Waals surface area contributed by atoms with Crippen molar-refractivity contribution < 1.29 is 4.79 Å². The minimum absolute atomic E-state index is 0.0118. The Labute approximate surface area is 94.2 Å². The average Bonchev–Trinajstić information content (AvgIpc) is 2.61. The Balaban J connectivity index is 2.34. The first-order valence-electron chi connectivity index (χ1n) is 5.10. The van der Waals surface area contributed by atoms with Crippen LogP contribution in [0.5, 0.6) is 0 Å². The Morgan fingerprint density at radius 1 is 1.67 bits per heavy atom. The summed E-state index contributed by atoms with van der Waals surface area (Å²) in [5, 5.41) is 5.92. The second-order valence-corrected chi connectivity index (χ2v) is 4.31. The van der Waals surface area contributed by atoms with Crippen LogP contribution in [0.2, 0.25) is 0 Å². The molecule has 0 aliphatic rings. The summed E-state index contributed by atoms with van der Waals surface area (Å²) in [6.45, 7) is 4.09. The van der Waals surface area contributed by atoms with Gasteiger partial charge in [-0.15, -0.1) is 11.3 Å². The van der Waals surface area contributed by atoms with E-state index < -0.39 is 0 Å². The van der Waals surface area contributed by atoms with E-state index in [1.54, 1.807) is 17.6 Å². The van der Waals surface area contributed by atoms with E-state index in [1.807, 2.05) is 18.4 Å². The van der Waals surface area contributed by atoms with E-state index in [9.17, 15) is 4.79 Å². The Hall–Kier alpha value is -1.16. The molecule has 1 amide bonds. The number of carbonyl (C=O) groups excluding carboxylic acids is 1. The molecule has 1 heterocycles. The standard InChI is InChI=1S/C11H16N2OS/c1-3-4-5-11(14)13-12-8-10-9(2)6-7-15-10/h6-8H,3-5H2,1-2H3,(H,13,14). The van der Waals surface area contributed by atoms with Crippen molar-refractivity contribution in [3.05, 3.63) is 21.9 Å². The van der Waals surface area contributed by atoms with Crippen LogP contribution >= 0.6 is 11.3 Å². The van der Waals surface area contributed by atoms with Crippen LogP contribution in [-0.4, -0.2) is 12.1 Å². The van der Waals surface area contributed by atoms with Gasteiger partial charge in [0.05, 0.1) is 6.21 Å². The molecule has 4 heteroatoms. The zero-order chi connectivity index (χ0) is 11.1. The van der Waals surface area contributed by atoms with Gasteiger partial charge in [0.25, 0.3) is 0 Å². The van der Waals surface area contributed by atoms with E-state index in [0.717, 1.165) is 17.7 Å². The van der Waals surface area contributed by atoms with E-state index in [-0.39, 0.29) is 5.91 Å². The first-order chi connectivity index (χ1) is 7.24. The van der Waals surface area contributed by atoms with Crippen molar-refractivity contribution in [1.29, 1.82) is 0 Å². The number of rotatable bonds is 5. The van der Waals surface area contributed by atoms with Crippen molar-refractivity contribution in [1.82, 2.24) is 5.43 Å². The second-order valence-electron chi connectivity index (χ2n) is 3.36. The summed E-state index contributed by atoms with van der Waals surface area (Å²) in [6, 6.07) is 2.03. The van der Waals surface area contributed by atoms with Gasteiger partial charge in [0, 0.05) is 11.3 Å². The molecule has 0 bridgehead atoms. The maximum Gasteiger partial charge on any atom is 0.240 e. The van der Waals surface area contributed by atoms with E-state index in [0.29, 0.717) is 6.42 Å².